The van der Waals surface area contributed by atoms with E-state index in [0.29, 0.717) is 32.1 Å². The van der Waals surface area contributed by atoms with Crippen LogP contribution in [0.2, 0.25) is 0 Å². The fourth-order valence-corrected chi connectivity index (χ4v) is 4.74. The van der Waals surface area contributed by atoms with Gasteiger partial charge in [0.15, 0.2) is 0 Å². The minimum absolute atomic E-state index is 0.0173. The zero-order valence-corrected chi connectivity index (χ0v) is 20.1. The molecule has 0 spiro atoms. The van der Waals surface area contributed by atoms with Crippen molar-refractivity contribution in [2.75, 3.05) is 19.1 Å². The largest absolute Gasteiger partial charge is 0.467 e. The molecule has 2 aromatic rings. The van der Waals surface area contributed by atoms with Gasteiger partial charge in [-0.2, -0.15) is 11.8 Å². The topological polar surface area (TPSA) is 84.5 Å². The quantitative estimate of drug-likeness (QED) is 0.491. The van der Waals surface area contributed by atoms with Gasteiger partial charge in [0.2, 0.25) is 11.8 Å². The second kappa shape index (κ2) is 11.9. The molecular formula is C26H32N2O4S. The average molecular weight is 469 g/mol. The Hall–Kier alpha value is -2.80. The van der Waals surface area contributed by atoms with Gasteiger partial charge in [0.25, 0.3) is 0 Å². The monoisotopic (exact) mass is 468 g/mol. The third kappa shape index (κ3) is 7.09. The highest BCUT2D eigenvalue weighted by atomic mass is 32.2. The van der Waals surface area contributed by atoms with E-state index in [1.54, 1.807) is 11.8 Å². The SMILES string of the molecule is COC(=O)[C@@H](CCSC)NC(=O)CC[C@@]1(Cc2ccc(-c3ccccc3)cc2)CCC(=O)N1. The Bertz CT molecular complexity index is 949. The van der Waals surface area contributed by atoms with Crippen LogP contribution < -0.4 is 10.6 Å². The van der Waals surface area contributed by atoms with Gasteiger partial charge in [0.05, 0.1) is 7.11 Å². The number of carbonyl (C=O) groups excluding carboxylic acids is 3. The molecule has 0 unspecified atom stereocenters. The van der Waals surface area contributed by atoms with Crippen LogP contribution in [-0.2, 0) is 25.5 Å². The van der Waals surface area contributed by atoms with Gasteiger partial charge in [-0.05, 0) is 54.4 Å². The van der Waals surface area contributed by atoms with E-state index in [2.05, 4.69) is 47.0 Å². The molecular weight excluding hydrogens is 436 g/mol. The molecule has 176 valence electrons. The molecule has 0 aliphatic carbocycles. The zero-order chi connectivity index (χ0) is 23.7. The van der Waals surface area contributed by atoms with Crippen LogP contribution in [0.25, 0.3) is 11.1 Å². The van der Waals surface area contributed by atoms with Gasteiger partial charge >= 0.3 is 5.97 Å². The molecule has 33 heavy (non-hydrogen) atoms. The van der Waals surface area contributed by atoms with Gasteiger partial charge in [0, 0.05) is 18.4 Å². The predicted molar refractivity (Wildman–Crippen MR) is 132 cm³/mol. The first-order chi connectivity index (χ1) is 15.9. The Morgan fingerprint density at radius 1 is 1.12 bits per heavy atom. The molecule has 1 aliphatic heterocycles. The predicted octanol–water partition coefficient (Wildman–Crippen LogP) is 3.74. The number of amides is 2. The van der Waals surface area contributed by atoms with Crippen LogP contribution in [0.4, 0.5) is 0 Å². The molecule has 0 saturated carbocycles. The molecule has 1 fully saturated rings. The minimum Gasteiger partial charge on any atom is -0.467 e. The van der Waals surface area contributed by atoms with Gasteiger partial charge in [-0.3, -0.25) is 9.59 Å². The lowest BCUT2D eigenvalue weighted by molar-refractivity contribution is -0.145. The molecule has 1 aliphatic rings. The van der Waals surface area contributed by atoms with Gasteiger partial charge in [-0.15, -0.1) is 0 Å². The highest BCUT2D eigenvalue weighted by molar-refractivity contribution is 7.98. The van der Waals surface area contributed by atoms with Gasteiger partial charge < -0.3 is 15.4 Å². The maximum absolute atomic E-state index is 12.6. The summed E-state index contributed by atoms with van der Waals surface area (Å²) in [4.78, 5) is 36.7. The van der Waals surface area contributed by atoms with Crippen LogP contribution in [0.15, 0.2) is 54.6 Å². The van der Waals surface area contributed by atoms with E-state index in [-0.39, 0.29) is 18.2 Å². The van der Waals surface area contributed by atoms with Gasteiger partial charge in [-0.1, -0.05) is 54.6 Å². The number of thioether (sulfide) groups is 1. The van der Waals surface area contributed by atoms with E-state index in [1.165, 1.54) is 7.11 Å². The summed E-state index contributed by atoms with van der Waals surface area (Å²) in [6.45, 7) is 0. The van der Waals surface area contributed by atoms with E-state index in [9.17, 15) is 14.4 Å². The van der Waals surface area contributed by atoms with Crippen LogP contribution in [0.3, 0.4) is 0 Å². The lowest BCUT2D eigenvalue weighted by atomic mass is 9.84. The van der Waals surface area contributed by atoms with Crippen LogP contribution in [0.5, 0.6) is 0 Å². The molecule has 7 heteroatoms. The molecule has 1 heterocycles. The van der Waals surface area contributed by atoms with E-state index < -0.39 is 17.6 Å². The van der Waals surface area contributed by atoms with Crippen molar-refractivity contribution in [2.45, 2.75) is 50.1 Å². The van der Waals surface area contributed by atoms with Gasteiger partial charge in [-0.25, -0.2) is 4.79 Å². The molecule has 2 aromatic carbocycles. The van der Waals surface area contributed by atoms with E-state index in [0.717, 1.165) is 22.4 Å². The molecule has 6 nitrogen and oxygen atoms in total. The van der Waals surface area contributed by atoms with Crippen molar-refractivity contribution in [2.24, 2.45) is 0 Å². The summed E-state index contributed by atoms with van der Waals surface area (Å²) in [5, 5.41) is 5.93. The normalized spacial score (nSPS) is 18.4. The Balaban J connectivity index is 1.63. The summed E-state index contributed by atoms with van der Waals surface area (Å²) >= 11 is 1.61. The molecule has 0 radical (unpaired) electrons. The fourth-order valence-electron chi connectivity index (χ4n) is 4.26. The standard InChI is InChI=1S/C26H32N2O4S/c1-32-25(31)22(14-17-33-2)27-23(29)12-15-26(16-13-24(30)28-26)18-19-8-10-21(11-9-19)20-6-4-3-5-7-20/h3-11,22H,12-18H2,1-2H3,(H,27,29)(H,28,30)/t22-,26+/m1/s1. The zero-order valence-electron chi connectivity index (χ0n) is 19.3. The third-order valence-electron chi connectivity index (χ3n) is 6.10. The molecule has 1 saturated heterocycles. The molecule has 2 amide bonds. The van der Waals surface area contributed by atoms with Crippen LogP contribution in [0.1, 0.15) is 37.7 Å². The molecule has 2 N–H and O–H groups in total. The van der Waals surface area contributed by atoms with Crippen molar-refractivity contribution in [1.82, 2.24) is 10.6 Å². The molecule has 2 atom stereocenters. The number of hydrogen-bond acceptors (Lipinski definition) is 5. The molecule has 0 aromatic heterocycles. The Morgan fingerprint density at radius 3 is 2.42 bits per heavy atom. The number of carbonyl (C=O) groups is 3. The highest BCUT2D eigenvalue weighted by Crippen LogP contribution is 2.30. The maximum Gasteiger partial charge on any atom is 0.328 e. The summed E-state index contributed by atoms with van der Waals surface area (Å²) in [5.74, 6) is 0.133. The first-order valence-electron chi connectivity index (χ1n) is 11.3. The summed E-state index contributed by atoms with van der Waals surface area (Å²) in [5.41, 5.74) is 2.96. The molecule has 3 rings (SSSR count). The van der Waals surface area contributed by atoms with Crippen molar-refractivity contribution < 1.29 is 19.1 Å². The smallest absolute Gasteiger partial charge is 0.328 e. The minimum atomic E-state index is -0.644. The van der Waals surface area contributed by atoms with Crippen LogP contribution in [0, 0.1) is 0 Å². The Kier molecular flexibility index (Phi) is 8.95. The number of ether oxygens (including phenoxy) is 1. The number of rotatable bonds is 11. The molecule has 0 bridgehead atoms. The van der Waals surface area contributed by atoms with Gasteiger partial charge in [0.1, 0.15) is 6.04 Å². The first-order valence-corrected chi connectivity index (χ1v) is 12.7. The third-order valence-corrected chi connectivity index (χ3v) is 6.74. The second-order valence-electron chi connectivity index (χ2n) is 8.49. The van der Waals surface area contributed by atoms with Crippen LogP contribution in [-0.4, -0.2) is 48.5 Å². The number of esters is 1. The van der Waals surface area contributed by atoms with Crippen molar-refractivity contribution in [1.29, 1.82) is 0 Å². The Labute approximate surface area is 199 Å². The number of hydrogen-bond donors (Lipinski definition) is 2. The number of benzene rings is 2. The van der Waals surface area contributed by atoms with E-state index in [1.807, 2.05) is 24.5 Å². The average Bonchev–Trinajstić information content (AvgIpc) is 3.21. The number of nitrogens with one attached hydrogen (secondary N) is 2. The van der Waals surface area contributed by atoms with E-state index >= 15 is 0 Å². The lowest BCUT2D eigenvalue weighted by Crippen LogP contribution is -2.46. The van der Waals surface area contributed by atoms with Crippen molar-refractivity contribution in [3.05, 3.63) is 60.2 Å². The summed E-state index contributed by atoms with van der Waals surface area (Å²) in [6, 6.07) is 17.9. The van der Waals surface area contributed by atoms with Crippen molar-refractivity contribution >= 4 is 29.5 Å². The highest BCUT2D eigenvalue weighted by Gasteiger charge is 2.38. The summed E-state index contributed by atoms with van der Waals surface area (Å²) in [7, 11) is 1.33. The summed E-state index contributed by atoms with van der Waals surface area (Å²) in [6.07, 6.45) is 5.03. The maximum atomic E-state index is 12.6. The van der Waals surface area contributed by atoms with Crippen molar-refractivity contribution in [3.8, 4) is 11.1 Å². The van der Waals surface area contributed by atoms with Crippen molar-refractivity contribution in [3.63, 3.8) is 0 Å². The van der Waals surface area contributed by atoms with E-state index in [4.69, 9.17) is 4.74 Å². The summed E-state index contributed by atoms with van der Waals surface area (Å²) < 4.78 is 4.82. The number of methoxy groups -OCH3 is 1. The fraction of sp³-hybridized carbons (Fsp3) is 0.423. The van der Waals surface area contributed by atoms with Crippen LogP contribution >= 0.6 is 11.8 Å². The first kappa shape index (κ1) is 24.8. The second-order valence-corrected chi connectivity index (χ2v) is 9.48. The lowest BCUT2D eigenvalue weighted by Gasteiger charge is -2.29. The Morgan fingerprint density at radius 2 is 1.82 bits per heavy atom.